The van der Waals surface area contributed by atoms with Crippen molar-refractivity contribution in [2.24, 2.45) is 11.5 Å². The molecule has 0 fully saturated rings. The van der Waals surface area contributed by atoms with E-state index in [0.717, 1.165) is 0 Å². The predicted octanol–water partition coefficient (Wildman–Crippen LogP) is 2.89. The van der Waals surface area contributed by atoms with Gasteiger partial charge in [0.15, 0.2) is 0 Å². The summed E-state index contributed by atoms with van der Waals surface area (Å²) in [5.74, 6) is 0.333. The molecule has 110 valence electrons. The molecule has 7 N–H and O–H groups in total. The molecule has 0 aliphatic rings. The molecule has 0 aliphatic heterocycles. The van der Waals surface area contributed by atoms with Gasteiger partial charge in [0, 0.05) is 12.4 Å². The smallest absolute Gasteiger partial charge is 0.0873 e. The maximum atomic E-state index is 6.28. The Morgan fingerprint density at radius 1 is 0.850 bits per heavy atom. The quantitative estimate of drug-likeness (QED) is 0.376. The molecule has 1 aromatic heterocycles. The van der Waals surface area contributed by atoms with Crippen molar-refractivity contribution in [2.75, 3.05) is 0 Å². The topological polar surface area (TPSA) is 116 Å². The monoisotopic (exact) mass is 275 g/mol. The molecule has 5 nitrogen and oxygen atoms in total. The van der Waals surface area contributed by atoms with Crippen LogP contribution in [-0.4, -0.2) is 16.7 Å². The number of hydrogen-bond donors (Lipinski definition) is 5. The molecule has 20 heavy (non-hydrogen) atoms. The fourth-order valence-electron chi connectivity index (χ4n) is 0.812. The molecule has 2 rings (SSSR count). The molecule has 2 aromatic rings. The van der Waals surface area contributed by atoms with Gasteiger partial charge in [0.25, 0.3) is 0 Å². The van der Waals surface area contributed by atoms with Crippen molar-refractivity contribution in [1.82, 2.24) is 4.98 Å². The molecule has 0 atom stereocenters. The maximum absolute atomic E-state index is 6.28. The summed E-state index contributed by atoms with van der Waals surface area (Å²) in [6, 6.07) is 14.2. The molecule has 0 spiro atoms. The van der Waals surface area contributed by atoms with Crippen molar-refractivity contribution in [3.05, 3.63) is 60.4 Å². The lowest BCUT2D eigenvalue weighted by molar-refractivity contribution is 1.42. The Morgan fingerprint density at radius 2 is 1.20 bits per heavy atom. The molecular weight excluding hydrogens is 250 g/mol. The van der Waals surface area contributed by atoms with E-state index < -0.39 is 0 Å². The SMILES string of the molecule is CC(=N)N.CC(=N)N.Cc1ccccc1.c1cc[nH]c1. The first kappa shape index (κ1) is 19.8. The highest BCUT2D eigenvalue weighted by Gasteiger charge is 1.72. The molecule has 0 amide bonds. The molecule has 0 unspecified atom stereocenters. The van der Waals surface area contributed by atoms with Gasteiger partial charge in [-0.05, 0) is 32.9 Å². The van der Waals surface area contributed by atoms with Crippen molar-refractivity contribution < 1.29 is 0 Å². The third-order valence-corrected chi connectivity index (χ3v) is 1.44. The second-order valence-electron chi connectivity index (χ2n) is 3.91. The summed E-state index contributed by atoms with van der Waals surface area (Å²) < 4.78 is 0. The second-order valence-corrected chi connectivity index (χ2v) is 3.91. The van der Waals surface area contributed by atoms with Gasteiger partial charge in [0.05, 0.1) is 11.7 Å². The van der Waals surface area contributed by atoms with Crippen LogP contribution in [0.4, 0.5) is 0 Å². The number of amidine groups is 2. The molecule has 0 saturated heterocycles. The second kappa shape index (κ2) is 14.5. The Bertz CT molecular complexity index is 397. The predicted molar refractivity (Wildman–Crippen MR) is 87.1 cm³/mol. The first-order valence-electron chi connectivity index (χ1n) is 6.07. The van der Waals surface area contributed by atoms with E-state index in [-0.39, 0.29) is 11.7 Å². The van der Waals surface area contributed by atoms with Crippen molar-refractivity contribution >= 4 is 11.7 Å². The zero-order valence-corrected chi connectivity index (χ0v) is 12.4. The van der Waals surface area contributed by atoms with Gasteiger partial charge < -0.3 is 16.5 Å². The number of nitrogens with two attached hydrogens (primary N) is 2. The van der Waals surface area contributed by atoms with E-state index in [1.54, 1.807) is 0 Å². The molecule has 0 radical (unpaired) electrons. The van der Waals surface area contributed by atoms with Crippen LogP contribution in [0.1, 0.15) is 19.4 Å². The zero-order valence-electron chi connectivity index (χ0n) is 12.4. The fourth-order valence-corrected chi connectivity index (χ4v) is 0.812. The summed E-state index contributed by atoms with van der Waals surface area (Å²) in [4.78, 5) is 2.86. The average Bonchev–Trinajstić information content (AvgIpc) is 2.86. The van der Waals surface area contributed by atoms with Crippen molar-refractivity contribution in [1.29, 1.82) is 10.8 Å². The highest BCUT2D eigenvalue weighted by atomic mass is 14.7. The van der Waals surface area contributed by atoms with Crippen LogP contribution in [0.25, 0.3) is 0 Å². The van der Waals surface area contributed by atoms with E-state index in [1.807, 2.05) is 42.7 Å². The lowest BCUT2D eigenvalue weighted by Crippen LogP contribution is -2.00. The van der Waals surface area contributed by atoms with E-state index in [1.165, 1.54) is 19.4 Å². The van der Waals surface area contributed by atoms with E-state index in [9.17, 15) is 0 Å². The normalized spacial score (nSPS) is 7.55. The number of H-pyrrole nitrogens is 1. The Morgan fingerprint density at radius 3 is 1.35 bits per heavy atom. The van der Waals surface area contributed by atoms with Crippen LogP contribution in [0, 0.1) is 17.7 Å². The Labute approximate surface area is 121 Å². The van der Waals surface area contributed by atoms with Gasteiger partial charge in [0.1, 0.15) is 0 Å². The van der Waals surface area contributed by atoms with Crippen LogP contribution in [0.5, 0.6) is 0 Å². The highest BCUT2D eigenvalue weighted by Crippen LogP contribution is 1.92. The van der Waals surface area contributed by atoms with Gasteiger partial charge in [-0.3, -0.25) is 10.8 Å². The van der Waals surface area contributed by atoms with E-state index in [4.69, 9.17) is 22.3 Å². The van der Waals surface area contributed by atoms with Gasteiger partial charge >= 0.3 is 0 Å². The van der Waals surface area contributed by atoms with Gasteiger partial charge in [-0.25, -0.2) is 0 Å². The first-order valence-corrected chi connectivity index (χ1v) is 6.07. The van der Waals surface area contributed by atoms with Gasteiger partial charge in [-0.1, -0.05) is 35.9 Å². The largest absolute Gasteiger partial charge is 0.388 e. The van der Waals surface area contributed by atoms with Crippen LogP contribution < -0.4 is 11.5 Å². The molecule has 1 aromatic carbocycles. The molecule has 0 aliphatic carbocycles. The molecular formula is C15H25N5. The summed E-state index contributed by atoms with van der Waals surface area (Å²) in [7, 11) is 0. The maximum Gasteiger partial charge on any atom is 0.0873 e. The standard InChI is InChI=1S/C7H8.C4H5N.2C2H6N2/c1-7-5-3-2-4-6-7;1-2-4-5-3-1;2*1-2(3)4/h2-6H,1H3;1-5H;2*1H3,(H3,3,4). The summed E-state index contributed by atoms with van der Waals surface area (Å²) in [5.41, 5.74) is 10.7. The minimum absolute atomic E-state index is 0.167. The van der Waals surface area contributed by atoms with Crippen LogP contribution >= 0.6 is 0 Å². The Balaban J connectivity index is 0. The zero-order chi connectivity index (χ0) is 15.8. The Hall–Kier alpha value is -2.56. The number of aryl methyl sites for hydroxylation is 1. The fraction of sp³-hybridized carbons (Fsp3) is 0.200. The number of aromatic amines is 1. The van der Waals surface area contributed by atoms with Crippen LogP contribution in [0.2, 0.25) is 0 Å². The molecule has 0 saturated carbocycles. The highest BCUT2D eigenvalue weighted by molar-refractivity contribution is 5.73. The Kier molecular flexibility index (Phi) is 14.3. The summed E-state index contributed by atoms with van der Waals surface area (Å²) in [6.07, 6.45) is 3.75. The third-order valence-electron chi connectivity index (χ3n) is 1.44. The third kappa shape index (κ3) is 29.5. The van der Waals surface area contributed by atoms with Gasteiger partial charge in [-0.2, -0.15) is 0 Å². The molecule has 0 bridgehead atoms. The van der Waals surface area contributed by atoms with Crippen molar-refractivity contribution in [3.63, 3.8) is 0 Å². The van der Waals surface area contributed by atoms with Gasteiger partial charge in [-0.15, -0.1) is 0 Å². The van der Waals surface area contributed by atoms with Gasteiger partial charge in [0.2, 0.25) is 0 Å². The lowest BCUT2D eigenvalue weighted by atomic mass is 10.2. The average molecular weight is 275 g/mol. The molecule has 5 heteroatoms. The van der Waals surface area contributed by atoms with Crippen LogP contribution in [0.3, 0.4) is 0 Å². The number of nitrogens with one attached hydrogen (secondary N) is 3. The number of rotatable bonds is 0. The van der Waals surface area contributed by atoms with Crippen molar-refractivity contribution in [2.45, 2.75) is 20.8 Å². The number of aromatic nitrogens is 1. The summed E-state index contributed by atoms with van der Waals surface area (Å²) >= 11 is 0. The van der Waals surface area contributed by atoms with E-state index in [0.29, 0.717) is 0 Å². The summed E-state index contributed by atoms with van der Waals surface area (Å²) in [5, 5.41) is 12.6. The lowest BCUT2D eigenvalue weighted by Gasteiger charge is -1.82. The van der Waals surface area contributed by atoms with Crippen LogP contribution in [0.15, 0.2) is 54.9 Å². The number of benzene rings is 1. The molecule has 1 heterocycles. The minimum atomic E-state index is 0.167. The minimum Gasteiger partial charge on any atom is -0.388 e. The first-order chi connectivity index (χ1) is 9.36. The van der Waals surface area contributed by atoms with E-state index >= 15 is 0 Å². The van der Waals surface area contributed by atoms with Crippen LogP contribution in [-0.2, 0) is 0 Å². The van der Waals surface area contributed by atoms with E-state index in [2.05, 4.69) is 24.0 Å². The van der Waals surface area contributed by atoms with Crippen molar-refractivity contribution in [3.8, 4) is 0 Å². The number of hydrogen-bond acceptors (Lipinski definition) is 2. The summed E-state index contributed by atoms with van der Waals surface area (Å²) in [6.45, 7) is 5.14.